The predicted molar refractivity (Wildman–Crippen MR) is 70.7 cm³/mol. The van der Waals surface area contributed by atoms with E-state index >= 15 is 0 Å². The molecule has 0 bridgehead atoms. The Hall–Kier alpha value is -1.39. The van der Waals surface area contributed by atoms with Crippen LogP contribution in [0.5, 0.6) is 0 Å². The van der Waals surface area contributed by atoms with Crippen LogP contribution in [-0.4, -0.2) is 29.9 Å². The highest BCUT2D eigenvalue weighted by Crippen LogP contribution is 2.52. The zero-order chi connectivity index (χ0) is 14.9. The molecule has 0 amide bonds. The van der Waals surface area contributed by atoms with Crippen molar-refractivity contribution in [2.45, 2.75) is 52.1 Å². The molecule has 0 radical (unpaired) electrons. The number of carbonyl (C=O) groups is 3. The van der Waals surface area contributed by atoms with Crippen LogP contribution in [0.15, 0.2) is 0 Å². The third kappa shape index (κ3) is 2.58. The van der Waals surface area contributed by atoms with Crippen molar-refractivity contribution in [3.8, 4) is 0 Å². The van der Waals surface area contributed by atoms with Gasteiger partial charge in [-0.05, 0) is 32.6 Å². The first-order valence-corrected chi connectivity index (χ1v) is 7.27. The number of esters is 2. The monoisotopic (exact) mass is 282 g/mol. The number of ether oxygens (including phenoxy) is 2. The Morgan fingerprint density at radius 3 is 2.65 bits per heavy atom. The Morgan fingerprint density at radius 2 is 2.15 bits per heavy atom. The molecule has 2 rings (SSSR count). The first-order valence-electron chi connectivity index (χ1n) is 7.27. The molecule has 1 saturated carbocycles. The summed E-state index contributed by atoms with van der Waals surface area (Å²) in [5, 5.41) is 0. The van der Waals surface area contributed by atoms with Gasteiger partial charge in [0.05, 0.1) is 6.61 Å². The molecule has 1 spiro atoms. The van der Waals surface area contributed by atoms with Crippen LogP contribution in [0.25, 0.3) is 0 Å². The number of carbonyl (C=O) groups excluding carboxylic acids is 3. The van der Waals surface area contributed by atoms with Crippen LogP contribution in [0.1, 0.15) is 46.5 Å². The predicted octanol–water partition coefficient (Wildman–Crippen LogP) is 1.88. The fraction of sp³-hybridized carbons (Fsp3) is 0.800. The Balaban J connectivity index is 2.18. The summed E-state index contributed by atoms with van der Waals surface area (Å²) < 4.78 is 10.5. The third-order valence-electron chi connectivity index (χ3n) is 4.85. The summed E-state index contributed by atoms with van der Waals surface area (Å²) >= 11 is 0. The van der Waals surface area contributed by atoms with Gasteiger partial charge in [-0.25, -0.2) is 0 Å². The lowest BCUT2D eigenvalue weighted by molar-refractivity contribution is -0.151. The molecule has 0 N–H and O–H groups in total. The van der Waals surface area contributed by atoms with Crippen molar-refractivity contribution in [3.63, 3.8) is 0 Å². The molecule has 2 fully saturated rings. The smallest absolute Gasteiger partial charge is 0.306 e. The molecule has 1 saturated heterocycles. The molecule has 20 heavy (non-hydrogen) atoms. The van der Waals surface area contributed by atoms with Gasteiger partial charge in [0.1, 0.15) is 11.4 Å². The quantitative estimate of drug-likeness (QED) is 0.736. The van der Waals surface area contributed by atoms with Gasteiger partial charge in [-0.15, -0.1) is 0 Å². The lowest BCUT2D eigenvalue weighted by atomic mass is 9.82. The molecule has 112 valence electrons. The van der Waals surface area contributed by atoms with Gasteiger partial charge in [0.2, 0.25) is 0 Å². The molecular formula is C15H22O5. The number of rotatable bonds is 4. The lowest BCUT2D eigenvalue weighted by Gasteiger charge is -2.29. The summed E-state index contributed by atoms with van der Waals surface area (Å²) in [6, 6.07) is 0. The summed E-state index contributed by atoms with van der Waals surface area (Å²) in [5.41, 5.74) is -0.551. The van der Waals surface area contributed by atoms with Crippen LogP contribution >= 0.6 is 0 Å². The largest absolute Gasteiger partial charge is 0.466 e. The Morgan fingerprint density at radius 1 is 1.45 bits per heavy atom. The van der Waals surface area contributed by atoms with Crippen LogP contribution in [0, 0.1) is 17.8 Å². The molecule has 1 aliphatic heterocycles. The highest BCUT2D eigenvalue weighted by atomic mass is 16.6. The van der Waals surface area contributed by atoms with Crippen molar-refractivity contribution in [3.05, 3.63) is 0 Å². The third-order valence-corrected chi connectivity index (χ3v) is 4.85. The molecule has 0 aromatic rings. The summed E-state index contributed by atoms with van der Waals surface area (Å²) in [7, 11) is 0. The van der Waals surface area contributed by atoms with Gasteiger partial charge in [-0.2, -0.15) is 0 Å². The zero-order valence-electron chi connectivity index (χ0n) is 12.3. The Kier molecular flexibility index (Phi) is 4.16. The minimum Gasteiger partial charge on any atom is -0.466 e. The topological polar surface area (TPSA) is 69.7 Å². The summed E-state index contributed by atoms with van der Waals surface area (Å²) in [6.45, 7) is 5.63. The fourth-order valence-corrected chi connectivity index (χ4v) is 3.73. The van der Waals surface area contributed by atoms with Crippen LogP contribution < -0.4 is 0 Å². The maximum atomic E-state index is 11.9. The van der Waals surface area contributed by atoms with E-state index in [1.54, 1.807) is 13.8 Å². The highest BCUT2D eigenvalue weighted by molar-refractivity contribution is 5.81. The van der Waals surface area contributed by atoms with Crippen molar-refractivity contribution in [1.82, 2.24) is 0 Å². The Labute approximate surface area is 119 Å². The van der Waals surface area contributed by atoms with Crippen LogP contribution in [0.4, 0.5) is 0 Å². The maximum absolute atomic E-state index is 11.9. The van der Waals surface area contributed by atoms with Gasteiger partial charge in [-0.3, -0.25) is 14.4 Å². The second-order valence-corrected chi connectivity index (χ2v) is 5.92. The number of Topliss-reactive ketones (excluding diaryl/α,β-unsaturated/α-hetero) is 1. The minimum atomic E-state index is -0.551. The Bertz CT molecular complexity index is 430. The number of hydrogen-bond donors (Lipinski definition) is 0. The van der Waals surface area contributed by atoms with E-state index in [1.165, 1.54) is 0 Å². The SMILES string of the molecule is CCOC(=O)C[C@@H]1[C@@H](C(C)=O)C[C@]2(CCC(=O)O2)[C@@H]1C. The maximum Gasteiger partial charge on any atom is 0.306 e. The van der Waals surface area contributed by atoms with Gasteiger partial charge in [0, 0.05) is 24.7 Å². The van der Waals surface area contributed by atoms with Gasteiger partial charge >= 0.3 is 11.9 Å². The molecule has 0 unspecified atom stereocenters. The van der Waals surface area contributed by atoms with Gasteiger partial charge in [0.15, 0.2) is 0 Å². The van der Waals surface area contributed by atoms with Crippen molar-refractivity contribution in [2.24, 2.45) is 17.8 Å². The van der Waals surface area contributed by atoms with E-state index in [4.69, 9.17) is 9.47 Å². The molecule has 0 aromatic carbocycles. The summed E-state index contributed by atoms with van der Waals surface area (Å²) in [4.78, 5) is 35.1. The van der Waals surface area contributed by atoms with E-state index in [0.717, 1.165) is 0 Å². The van der Waals surface area contributed by atoms with Gasteiger partial charge in [0.25, 0.3) is 0 Å². The molecule has 0 aromatic heterocycles. The molecule has 5 heteroatoms. The molecule has 5 nitrogen and oxygen atoms in total. The molecule has 1 aliphatic carbocycles. The van der Waals surface area contributed by atoms with Crippen molar-refractivity contribution >= 4 is 17.7 Å². The van der Waals surface area contributed by atoms with Crippen molar-refractivity contribution < 1.29 is 23.9 Å². The standard InChI is InChI=1S/C15H22O5/c1-4-19-14(18)7-11-9(2)15(6-5-13(17)20-15)8-12(11)10(3)16/h9,11-12H,4-8H2,1-3H3/t9-,11+,12-,15-/m1/s1. The molecule has 1 heterocycles. The van der Waals surface area contributed by atoms with E-state index in [-0.39, 0.29) is 41.9 Å². The van der Waals surface area contributed by atoms with Crippen molar-refractivity contribution in [2.75, 3.05) is 6.61 Å². The normalized spacial score (nSPS) is 36.1. The van der Waals surface area contributed by atoms with Crippen molar-refractivity contribution in [1.29, 1.82) is 0 Å². The van der Waals surface area contributed by atoms with E-state index in [0.29, 0.717) is 25.9 Å². The second kappa shape index (κ2) is 5.54. The first-order chi connectivity index (χ1) is 9.39. The summed E-state index contributed by atoms with van der Waals surface area (Å²) in [5.74, 6) is -0.733. The molecule has 2 aliphatic rings. The number of hydrogen-bond acceptors (Lipinski definition) is 5. The van der Waals surface area contributed by atoms with E-state index < -0.39 is 5.60 Å². The average Bonchev–Trinajstić information content (AvgIpc) is 2.86. The van der Waals surface area contributed by atoms with E-state index in [2.05, 4.69) is 0 Å². The highest BCUT2D eigenvalue weighted by Gasteiger charge is 2.57. The van der Waals surface area contributed by atoms with E-state index in [9.17, 15) is 14.4 Å². The minimum absolute atomic E-state index is 0.00672. The number of ketones is 1. The average molecular weight is 282 g/mol. The van der Waals surface area contributed by atoms with Crippen LogP contribution in [-0.2, 0) is 23.9 Å². The lowest BCUT2D eigenvalue weighted by Crippen LogP contribution is -2.33. The van der Waals surface area contributed by atoms with E-state index in [1.807, 2.05) is 6.92 Å². The molecule has 4 atom stereocenters. The van der Waals surface area contributed by atoms with Crippen LogP contribution in [0.3, 0.4) is 0 Å². The fourth-order valence-electron chi connectivity index (χ4n) is 3.73. The van der Waals surface area contributed by atoms with Gasteiger partial charge in [-0.1, -0.05) is 6.92 Å². The second-order valence-electron chi connectivity index (χ2n) is 5.92. The van der Waals surface area contributed by atoms with Crippen LogP contribution in [0.2, 0.25) is 0 Å². The van der Waals surface area contributed by atoms with Gasteiger partial charge < -0.3 is 9.47 Å². The molecular weight excluding hydrogens is 260 g/mol. The zero-order valence-corrected chi connectivity index (χ0v) is 12.3. The first kappa shape index (κ1) is 15.0. The summed E-state index contributed by atoms with van der Waals surface area (Å²) in [6.07, 6.45) is 1.81.